The lowest BCUT2D eigenvalue weighted by molar-refractivity contribution is 0.208. The van der Waals surface area contributed by atoms with Gasteiger partial charge in [-0.2, -0.15) is 9.97 Å². The molecule has 2 heterocycles. The molecule has 2 aromatic rings. The Bertz CT molecular complexity index is 806. The van der Waals surface area contributed by atoms with Gasteiger partial charge in [0, 0.05) is 38.3 Å². The van der Waals surface area contributed by atoms with Crippen LogP contribution in [0.2, 0.25) is 0 Å². The molecule has 1 aromatic heterocycles. The average molecular weight is 379 g/mol. The molecule has 0 unspecified atom stereocenters. The van der Waals surface area contributed by atoms with Gasteiger partial charge in [-0.05, 0) is 12.1 Å². The van der Waals surface area contributed by atoms with E-state index in [0.717, 1.165) is 12.1 Å². The second kappa shape index (κ2) is 8.02. The maximum atomic E-state index is 13.7. The van der Waals surface area contributed by atoms with Gasteiger partial charge in [0.1, 0.15) is 17.5 Å². The fourth-order valence-electron chi connectivity index (χ4n) is 2.67. The van der Waals surface area contributed by atoms with Gasteiger partial charge in [-0.15, -0.1) is 0 Å². The first kappa shape index (κ1) is 18.6. The summed E-state index contributed by atoms with van der Waals surface area (Å²) in [6, 6.07) is 4.44. The SMILES string of the molecule is COc1cc(N2CCN(C(=O)Nc3ccc(F)cc3F)CC2)nc(OC)n1. The summed E-state index contributed by atoms with van der Waals surface area (Å²) in [6.07, 6.45) is 0. The zero-order chi connectivity index (χ0) is 19.4. The molecule has 10 heteroatoms. The van der Waals surface area contributed by atoms with E-state index in [0.29, 0.717) is 37.9 Å². The van der Waals surface area contributed by atoms with E-state index in [9.17, 15) is 13.6 Å². The Balaban J connectivity index is 1.62. The van der Waals surface area contributed by atoms with Gasteiger partial charge in [0.25, 0.3) is 0 Å². The largest absolute Gasteiger partial charge is 0.481 e. The number of hydrogen-bond donors (Lipinski definition) is 1. The van der Waals surface area contributed by atoms with Crippen molar-refractivity contribution < 1.29 is 23.0 Å². The number of hydrogen-bond acceptors (Lipinski definition) is 6. The van der Waals surface area contributed by atoms with Gasteiger partial charge in [-0.25, -0.2) is 13.6 Å². The summed E-state index contributed by atoms with van der Waals surface area (Å²) in [5.74, 6) is -0.510. The number of amides is 2. The van der Waals surface area contributed by atoms with Crippen molar-refractivity contribution in [2.75, 3.05) is 50.6 Å². The van der Waals surface area contributed by atoms with Gasteiger partial charge in [0.05, 0.1) is 19.9 Å². The zero-order valence-corrected chi connectivity index (χ0v) is 14.9. The van der Waals surface area contributed by atoms with Crippen molar-refractivity contribution >= 4 is 17.5 Å². The van der Waals surface area contributed by atoms with Crippen LogP contribution in [0, 0.1) is 11.6 Å². The second-order valence-corrected chi connectivity index (χ2v) is 5.78. The van der Waals surface area contributed by atoms with E-state index < -0.39 is 17.7 Å². The molecule has 3 rings (SSSR count). The lowest BCUT2D eigenvalue weighted by atomic mass is 10.3. The molecule has 1 aromatic carbocycles. The highest BCUT2D eigenvalue weighted by atomic mass is 19.1. The van der Waals surface area contributed by atoms with Crippen LogP contribution in [0.3, 0.4) is 0 Å². The molecule has 0 saturated carbocycles. The first-order valence-electron chi connectivity index (χ1n) is 8.23. The monoisotopic (exact) mass is 379 g/mol. The lowest BCUT2D eigenvalue weighted by Crippen LogP contribution is -2.50. The van der Waals surface area contributed by atoms with Gasteiger partial charge in [-0.1, -0.05) is 0 Å². The van der Waals surface area contributed by atoms with Crippen LogP contribution in [0.25, 0.3) is 0 Å². The van der Waals surface area contributed by atoms with E-state index in [1.807, 2.05) is 4.90 Å². The molecule has 0 bridgehead atoms. The van der Waals surface area contributed by atoms with Crippen LogP contribution in [0.4, 0.5) is 25.1 Å². The molecular weight excluding hydrogens is 360 g/mol. The number of aromatic nitrogens is 2. The number of rotatable bonds is 4. The molecular formula is C17H19F2N5O3. The van der Waals surface area contributed by atoms with Gasteiger partial charge in [-0.3, -0.25) is 0 Å². The van der Waals surface area contributed by atoms with Crippen molar-refractivity contribution in [1.29, 1.82) is 0 Å². The maximum absolute atomic E-state index is 13.7. The number of nitrogens with zero attached hydrogens (tertiary/aromatic N) is 4. The first-order valence-corrected chi connectivity index (χ1v) is 8.23. The molecule has 1 N–H and O–H groups in total. The molecule has 0 atom stereocenters. The van der Waals surface area contributed by atoms with E-state index in [4.69, 9.17) is 9.47 Å². The molecule has 2 amide bonds. The van der Waals surface area contributed by atoms with Crippen molar-refractivity contribution in [3.63, 3.8) is 0 Å². The number of anilines is 2. The van der Waals surface area contributed by atoms with Crippen molar-refractivity contribution in [3.05, 3.63) is 35.9 Å². The predicted octanol–water partition coefficient (Wildman–Crippen LogP) is 2.13. The smallest absolute Gasteiger partial charge is 0.322 e. The molecule has 1 fully saturated rings. The van der Waals surface area contributed by atoms with Crippen LogP contribution in [0.5, 0.6) is 11.9 Å². The molecule has 0 spiro atoms. The Morgan fingerprint density at radius 2 is 1.81 bits per heavy atom. The number of benzene rings is 1. The highest BCUT2D eigenvalue weighted by Gasteiger charge is 2.23. The molecule has 144 valence electrons. The van der Waals surface area contributed by atoms with Gasteiger partial charge in [0.2, 0.25) is 5.88 Å². The minimum atomic E-state index is -0.817. The molecule has 1 aliphatic rings. The Morgan fingerprint density at radius 1 is 1.07 bits per heavy atom. The first-order chi connectivity index (χ1) is 13.0. The third-order valence-corrected chi connectivity index (χ3v) is 4.12. The van der Waals surface area contributed by atoms with Crippen LogP contribution in [0.15, 0.2) is 24.3 Å². The number of halogens is 2. The predicted molar refractivity (Wildman–Crippen MR) is 94.3 cm³/mol. The Hall–Kier alpha value is -3.17. The van der Waals surface area contributed by atoms with Crippen molar-refractivity contribution in [2.45, 2.75) is 0 Å². The standard InChI is InChI=1S/C17H19F2N5O3/c1-26-15-10-14(21-16(22-15)27-2)23-5-7-24(8-6-23)17(25)20-13-4-3-11(18)9-12(13)19/h3-4,9-10H,5-8H2,1-2H3,(H,20,25). The lowest BCUT2D eigenvalue weighted by Gasteiger charge is -2.35. The molecule has 0 aliphatic carbocycles. The zero-order valence-electron chi connectivity index (χ0n) is 14.9. The summed E-state index contributed by atoms with van der Waals surface area (Å²) in [6.45, 7) is 1.85. The van der Waals surface area contributed by atoms with Crippen molar-refractivity contribution in [3.8, 4) is 11.9 Å². The topological polar surface area (TPSA) is 79.8 Å². The number of nitrogens with one attached hydrogen (secondary N) is 1. The highest BCUT2D eigenvalue weighted by Crippen LogP contribution is 2.22. The summed E-state index contributed by atoms with van der Waals surface area (Å²) >= 11 is 0. The van der Waals surface area contributed by atoms with E-state index >= 15 is 0 Å². The number of piperazine rings is 1. The summed E-state index contributed by atoms with van der Waals surface area (Å²) < 4.78 is 36.8. The van der Waals surface area contributed by atoms with Crippen molar-refractivity contribution in [2.24, 2.45) is 0 Å². The Morgan fingerprint density at radius 3 is 2.44 bits per heavy atom. The van der Waals surface area contributed by atoms with E-state index in [-0.39, 0.29) is 11.7 Å². The number of carbonyl (C=O) groups is 1. The van der Waals surface area contributed by atoms with Gasteiger partial charge in [0.15, 0.2) is 0 Å². The molecule has 8 nitrogen and oxygen atoms in total. The number of urea groups is 1. The van der Waals surface area contributed by atoms with Crippen LogP contribution in [0.1, 0.15) is 0 Å². The van der Waals surface area contributed by atoms with E-state index in [2.05, 4.69) is 15.3 Å². The quantitative estimate of drug-likeness (QED) is 0.877. The summed E-state index contributed by atoms with van der Waals surface area (Å²) in [7, 11) is 2.97. The molecule has 1 saturated heterocycles. The van der Waals surface area contributed by atoms with Gasteiger partial charge < -0.3 is 24.6 Å². The van der Waals surface area contributed by atoms with Gasteiger partial charge >= 0.3 is 12.0 Å². The summed E-state index contributed by atoms with van der Waals surface area (Å²) in [5.41, 5.74) is -0.0610. The number of ether oxygens (including phenoxy) is 2. The van der Waals surface area contributed by atoms with Crippen LogP contribution < -0.4 is 19.7 Å². The highest BCUT2D eigenvalue weighted by molar-refractivity contribution is 5.89. The fourth-order valence-corrected chi connectivity index (χ4v) is 2.67. The summed E-state index contributed by atoms with van der Waals surface area (Å²) in [5, 5.41) is 2.46. The third kappa shape index (κ3) is 4.33. The third-order valence-electron chi connectivity index (χ3n) is 4.12. The minimum absolute atomic E-state index is 0.0610. The average Bonchev–Trinajstić information content (AvgIpc) is 2.69. The normalized spacial score (nSPS) is 14.1. The van der Waals surface area contributed by atoms with Crippen LogP contribution >= 0.6 is 0 Å². The van der Waals surface area contributed by atoms with E-state index in [1.165, 1.54) is 20.3 Å². The number of methoxy groups -OCH3 is 2. The Labute approximate surface area is 154 Å². The van der Waals surface area contributed by atoms with E-state index in [1.54, 1.807) is 11.0 Å². The summed E-state index contributed by atoms with van der Waals surface area (Å²) in [4.78, 5) is 24.2. The minimum Gasteiger partial charge on any atom is -0.481 e. The molecule has 1 aliphatic heterocycles. The van der Waals surface area contributed by atoms with Crippen LogP contribution in [-0.2, 0) is 0 Å². The number of carbonyl (C=O) groups excluding carboxylic acids is 1. The molecule has 27 heavy (non-hydrogen) atoms. The second-order valence-electron chi connectivity index (χ2n) is 5.78. The Kier molecular flexibility index (Phi) is 5.53. The fraction of sp³-hybridized carbons (Fsp3) is 0.353. The maximum Gasteiger partial charge on any atom is 0.322 e. The molecule has 0 radical (unpaired) electrons. The van der Waals surface area contributed by atoms with Crippen LogP contribution in [-0.4, -0.2) is 61.3 Å². The van der Waals surface area contributed by atoms with Crippen molar-refractivity contribution in [1.82, 2.24) is 14.9 Å².